The van der Waals surface area contributed by atoms with Gasteiger partial charge in [0.05, 0.1) is 29.7 Å². The molecule has 1 saturated heterocycles. The first-order valence-corrected chi connectivity index (χ1v) is 7.11. The molecule has 1 aliphatic rings. The number of nitrogens with zero attached hydrogens (tertiary/aromatic N) is 2. The number of aromatic hydroxyl groups is 1. The fourth-order valence-corrected chi connectivity index (χ4v) is 2.47. The lowest BCUT2D eigenvalue weighted by Crippen LogP contribution is -2.23. The Labute approximate surface area is 124 Å². The SMILES string of the molecule is CCOC(=O)c1c(C)[nH]c(O)c1/C=N/N1C(=N)SCC1=O. The van der Waals surface area contributed by atoms with Crippen molar-refractivity contribution < 1.29 is 19.4 Å². The second-order valence-electron chi connectivity index (χ2n) is 4.15. The van der Waals surface area contributed by atoms with Gasteiger partial charge in [0.25, 0.3) is 5.91 Å². The van der Waals surface area contributed by atoms with Crippen molar-refractivity contribution in [3.63, 3.8) is 0 Å². The van der Waals surface area contributed by atoms with Crippen LogP contribution in [0.2, 0.25) is 0 Å². The average Bonchev–Trinajstić information content (AvgIpc) is 2.88. The largest absolute Gasteiger partial charge is 0.494 e. The molecule has 21 heavy (non-hydrogen) atoms. The predicted molar refractivity (Wildman–Crippen MR) is 77.8 cm³/mol. The Balaban J connectivity index is 2.33. The minimum absolute atomic E-state index is 0.000632. The molecule has 0 saturated carbocycles. The van der Waals surface area contributed by atoms with E-state index >= 15 is 0 Å². The summed E-state index contributed by atoms with van der Waals surface area (Å²) in [6.45, 7) is 3.49. The Hall–Kier alpha value is -2.29. The number of rotatable bonds is 4. The molecule has 0 spiro atoms. The van der Waals surface area contributed by atoms with Crippen LogP contribution in [0.3, 0.4) is 0 Å². The van der Waals surface area contributed by atoms with Crippen LogP contribution >= 0.6 is 11.8 Å². The predicted octanol–water partition coefficient (Wildman–Crippen LogP) is 1.05. The van der Waals surface area contributed by atoms with Crippen LogP contribution in [0.25, 0.3) is 0 Å². The number of amides is 1. The van der Waals surface area contributed by atoms with E-state index in [4.69, 9.17) is 10.1 Å². The number of aryl methyl sites for hydroxylation is 1. The number of carbonyl (C=O) groups excluding carboxylic acids is 2. The third-order valence-corrected chi connectivity index (χ3v) is 3.59. The summed E-state index contributed by atoms with van der Waals surface area (Å²) in [5.41, 5.74) is 0.719. The smallest absolute Gasteiger partial charge is 0.340 e. The van der Waals surface area contributed by atoms with E-state index in [2.05, 4.69) is 10.1 Å². The van der Waals surface area contributed by atoms with E-state index in [0.717, 1.165) is 16.8 Å². The molecule has 0 aromatic carbocycles. The van der Waals surface area contributed by atoms with Crippen molar-refractivity contribution in [2.75, 3.05) is 12.4 Å². The van der Waals surface area contributed by atoms with Gasteiger partial charge in [-0.1, -0.05) is 11.8 Å². The summed E-state index contributed by atoms with van der Waals surface area (Å²) in [5.74, 6) is -1.01. The maximum Gasteiger partial charge on any atom is 0.340 e. The number of hydrogen-bond donors (Lipinski definition) is 3. The van der Waals surface area contributed by atoms with Crippen LogP contribution in [0, 0.1) is 12.3 Å². The highest BCUT2D eigenvalue weighted by Gasteiger charge is 2.27. The number of ether oxygens (including phenoxy) is 1. The minimum Gasteiger partial charge on any atom is -0.494 e. The zero-order chi connectivity index (χ0) is 15.6. The quantitative estimate of drug-likeness (QED) is 0.567. The topological polar surface area (TPSA) is 119 Å². The minimum atomic E-state index is -0.592. The standard InChI is InChI=1S/C12H14N4O4S/c1-3-20-11(19)9-6(2)15-10(18)7(9)4-14-16-8(17)5-21-12(16)13/h4,13,15,18H,3,5H2,1-2H3/b13-12?,14-4+. The Morgan fingerprint density at radius 3 is 2.95 bits per heavy atom. The maximum absolute atomic E-state index is 11.9. The highest BCUT2D eigenvalue weighted by Crippen LogP contribution is 2.24. The third-order valence-electron chi connectivity index (χ3n) is 2.75. The molecule has 1 aromatic heterocycles. The van der Waals surface area contributed by atoms with E-state index in [-0.39, 0.29) is 40.4 Å². The summed E-state index contributed by atoms with van der Waals surface area (Å²) in [4.78, 5) is 26.0. The number of nitrogens with one attached hydrogen (secondary N) is 2. The van der Waals surface area contributed by atoms with Gasteiger partial charge in [0.2, 0.25) is 0 Å². The number of thioether (sulfide) groups is 1. The Bertz CT molecular complexity index is 621. The normalized spacial score (nSPS) is 15.2. The van der Waals surface area contributed by atoms with E-state index in [1.165, 1.54) is 6.21 Å². The van der Waals surface area contributed by atoms with Crippen molar-refractivity contribution in [1.82, 2.24) is 9.99 Å². The molecule has 8 nitrogen and oxygen atoms in total. The van der Waals surface area contributed by atoms with Crippen molar-refractivity contribution in [3.8, 4) is 5.88 Å². The molecule has 1 aromatic rings. The van der Waals surface area contributed by atoms with Crippen molar-refractivity contribution in [2.45, 2.75) is 13.8 Å². The molecular formula is C12H14N4O4S. The summed E-state index contributed by atoms with van der Waals surface area (Å²) in [7, 11) is 0. The highest BCUT2D eigenvalue weighted by atomic mass is 32.2. The molecule has 0 atom stereocenters. The van der Waals surface area contributed by atoms with Gasteiger partial charge in [-0.15, -0.1) is 0 Å². The average molecular weight is 310 g/mol. The van der Waals surface area contributed by atoms with Crippen LogP contribution in [-0.4, -0.2) is 50.7 Å². The first kappa shape index (κ1) is 15.1. The van der Waals surface area contributed by atoms with Crippen LogP contribution in [-0.2, 0) is 9.53 Å². The van der Waals surface area contributed by atoms with E-state index in [1.807, 2.05) is 0 Å². The molecule has 112 valence electrons. The lowest BCUT2D eigenvalue weighted by atomic mass is 10.1. The first-order valence-electron chi connectivity index (χ1n) is 6.12. The lowest BCUT2D eigenvalue weighted by molar-refractivity contribution is -0.124. The van der Waals surface area contributed by atoms with E-state index in [1.54, 1.807) is 13.8 Å². The fraction of sp³-hybridized carbons (Fsp3) is 0.333. The molecule has 0 bridgehead atoms. The molecule has 9 heteroatoms. The Kier molecular flexibility index (Phi) is 4.32. The number of hydrogen-bond acceptors (Lipinski definition) is 7. The van der Waals surface area contributed by atoms with Gasteiger partial charge in [-0.3, -0.25) is 10.2 Å². The van der Waals surface area contributed by atoms with Crippen LogP contribution in [0.5, 0.6) is 5.88 Å². The molecular weight excluding hydrogens is 296 g/mol. The Morgan fingerprint density at radius 2 is 2.38 bits per heavy atom. The summed E-state index contributed by atoms with van der Waals surface area (Å²) in [5, 5.41) is 22.2. The van der Waals surface area contributed by atoms with E-state index in [0.29, 0.717) is 5.69 Å². The number of aromatic amines is 1. The zero-order valence-electron chi connectivity index (χ0n) is 11.5. The van der Waals surface area contributed by atoms with Crippen molar-refractivity contribution in [1.29, 1.82) is 5.41 Å². The summed E-state index contributed by atoms with van der Waals surface area (Å²) in [6, 6.07) is 0. The second-order valence-corrected chi connectivity index (χ2v) is 5.12. The van der Waals surface area contributed by atoms with Crippen molar-refractivity contribution in [3.05, 3.63) is 16.8 Å². The van der Waals surface area contributed by atoms with Gasteiger partial charge in [-0.25, -0.2) is 4.79 Å². The molecule has 2 rings (SSSR count). The molecule has 0 unspecified atom stereocenters. The van der Waals surface area contributed by atoms with Crippen LogP contribution < -0.4 is 0 Å². The molecule has 1 aliphatic heterocycles. The van der Waals surface area contributed by atoms with Gasteiger partial charge in [0.1, 0.15) is 0 Å². The Morgan fingerprint density at radius 1 is 1.67 bits per heavy atom. The number of carbonyl (C=O) groups is 2. The number of amidine groups is 1. The molecule has 2 heterocycles. The summed E-state index contributed by atoms with van der Waals surface area (Å²) in [6.07, 6.45) is 1.17. The molecule has 3 N–H and O–H groups in total. The van der Waals surface area contributed by atoms with Gasteiger partial charge in [0, 0.05) is 5.69 Å². The molecule has 0 radical (unpaired) electrons. The highest BCUT2D eigenvalue weighted by molar-refractivity contribution is 8.14. The van der Waals surface area contributed by atoms with Gasteiger partial charge >= 0.3 is 5.97 Å². The first-order chi connectivity index (χ1) is 9.95. The van der Waals surface area contributed by atoms with E-state index in [9.17, 15) is 14.7 Å². The van der Waals surface area contributed by atoms with Crippen molar-refractivity contribution >= 4 is 35.0 Å². The second kappa shape index (κ2) is 6.00. The van der Waals surface area contributed by atoms with Crippen LogP contribution in [0.1, 0.15) is 28.5 Å². The molecule has 1 fully saturated rings. The monoisotopic (exact) mass is 310 g/mol. The van der Waals surface area contributed by atoms with Gasteiger partial charge < -0.3 is 14.8 Å². The van der Waals surface area contributed by atoms with E-state index < -0.39 is 5.97 Å². The van der Waals surface area contributed by atoms with Crippen molar-refractivity contribution in [2.24, 2.45) is 5.10 Å². The van der Waals surface area contributed by atoms with Crippen LogP contribution in [0.15, 0.2) is 5.10 Å². The lowest BCUT2D eigenvalue weighted by Gasteiger charge is -2.06. The number of hydrazone groups is 1. The van der Waals surface area contributed by atoms with Crippen LogP contribution in [0.4, 0.5) is 0 Å². The molecule has 0 aliphatic carbocycles. The summed E-state index contributed by atoms with van der Waals surface area (Å²) < 4.78 is 4.92. The fourth-order valence-electron chi connectivity index (χ4n) is 1.82. The third kappa shape index (κ3) is 2.92. The maximum atomic E-state index is 11.9. The number of esters is 1. The number of H-pyrrole nitrogens is 1. The summed E-state index contributed by atoms with van der Waals surface area (Å²) >= 11 is 1.06. The molecule has 1 amide bonds. The van der Waals surface area contributed by atoms with Gasteiger partial charge in [-0.2, -0.15) is 10.1 Å². The zero-order valence-corrected chi connectivity index (χ0v) is 12.3. The number of aromatic nitrogens is 1. The van der Waals surface area contributed by atoms with Gasteiger partial charge in [-0.05, 0) is 13.8 Å². The van der Waals surface area contributed by atoms with Gasteiger partial charge in [0.15, 0.2) is 11.0 Å².